The van der Waals surface area contributed by atoms with Gasteiger partial charge in [-0.3, -0.25) is 19.1 Å². The van der Waals surface area contributed by atoms with E-state index in [1.807, 2.05) is 41.0 Å². The second kappa shape index (κ2) is 10.5. The molecule has 5 rings (SSSR count). The molecule has 0 atom stereocenters. The minimum atomic E-state index is -0.197. The monoisotopic (exact) mass is 468 g/mol. The van der Waals surface area contributed by atoms with Crippen molar-refractivity contribution < 1.29 is 9.53 Å². The highest BCUT2D eigenvalue weighted by atomic mass is 16.5. The Balaban J connectivity index is 1.24. The first-order valence-corrected chi connectivity index (χ1v) is 12.1. The molecule has 1 aliphatic heterocycles. The van der Waals surface area contributed by atoms with Crippen molar-refractivity contribution in [1.29, 1.82) is 0 Å². The van der Waals surface area contributed by atoms with Gasteiger partial charge in [-0.15, -0.1) is 0 Å². The lowest BCUT2D eigenvalue weighted by molar-refractivity contribution is 0.0951. The fourth-order valence-electron chi connectivity index (χ4n) is 4.37. The number of hydrogen-bond donors (Lipinski definition) is 1. The molecule has 0 saturated heterocycles. The first-order valence-electron chi connectivity index (χ1n) is 12.1. The number of carbonyl (C=O) groups is 1. The van der Waals surface area contributed by atoms with Gasteiger partial charge in [0.2, 0.25) is 0 Å². The summed E-state index contributed by atoms with van der Waals surface area (Å²) < 4.78 is 7.60. The molecule has 1 N–H and O–H groups in total. The van der Waals surface area contributed by atoms with E-state index in [0.29, 0.717) is 36.2 Å². The van der Waals surface area contributed by atoms with E-state index in [0.717, 1.165) is 54.8 Å². The van der Waals surface area contributed by atoms with Crippen LogP contribution in [0.3, 0.4) is 0 Å². The van der Waals surface area contributed by atoms with Gasteiger partial charge in [-0.25, -0.2) is 4.98 Å². The van der Waals surface area contributed by atoms with Crippen molar-refractivity contribution in [3.8, 4) is 5.75 Å². The third-order valence-electron chi connectivity index (χ3n) is 6.33. The van der Waals surface area contributed by atoms with Crippen LogP contribution in [0.15, 0.2) is 71.8 Å². The topological polar surface area (TPSA) is 86.1 Å². The molecule has 7 nitrogen and oxygen atoms in total. The molecule has 0 bridgehead atoms. The molecule has 2 aromatic heterocycles. The molecule has 178 valence electrons. The first kappa shape index (κ1) is 22.8. The molecule has 0 saturated carbocycles. The van der Waals surface area contributed by atoms with Crippen LogP contribution in [0.25, 0.3) is 10.9 Å². The highest BCUT2D eigenvalue weighted by Gasteiger charge is 2.15. The van der Waals surface area contributed by atoms with Crippen LogP contribution in [0.5, 0.6) is 5.75 Å². The van der Waals surface area contributed by atoms with E-state index in [-0.39, 0.29) is 11.5 Å². The molecule has 2 aromatic carbocycles. The molecule has 4 aromatic rings. The minimum Gasteiger partial charge on any atom is -0.489 e. The number of nitrogens with zero attached hydrogens (tertiary/aromatic N) is 3. The number of aromatic nitrogens is 3. The van der Waals surface area contributed by atoms with Gasteiger partial charge < -0.3 is 10.1 Å². The molecule has 1 amide bonds. The smallest absolute Gasteiger partial charge is 0.261 e. The summed E-state index contributed by atoms with van der Waals surface area (Å²) in [5.74, 6) is 1.38. The third kappa shape index (κ3) is 5.40. The maximum atomic E-state index is 13.0. The average molecular weight is 469 g/mol. The third-order valence-corrected chi connectivity index (χ3v) is 6.33. The number of benzene rings is 2. The van der Waals surface area contributed by atoms with Crippen molar-refractivity contribution in [3.05, 3.63) is 99.9 Å². The van der Waals surface area contributed by atoms with E-state index in [9.17, 15) is 9.59 Å². The number of aryl methyl sites for hydroxylation is 1. The van der Waals surface area contributed by atoms with Gasteiger partial charge in [0.1, 0.15) is 18.2 Å². The Morgan fingerprint density at radius 3 is 2.69 bits per heavy atom. The molecular formula is C28H28N4O3. The number of hydrogen-bond acceptors (Lipinski definition) is 5. The van der Waals surface area contributed by atoms with Crippen molar-refractivity contribution >= 4 is 16.8 Å². The number of nitrogens with one attached hydrogen (secondary N) is 1. The lowest BCUT2D eigenvalue weighted by atomic mass is 10.1. The fourth-order valence-corrected chi connectivity index (χ4v) is 4.37. The van der Waals surface area contributed by atoms with E-state index < -0.39 is 0 Å². The van der Waals surface area contributed by atoms with Crippen molar-refractivity contribution in [2.75, 3.05) is 0 Å². The number of ether oxygens (including phenoxy) is 1. The summed E-state index contributed by atoms with van der Waals surface area (Å²) in [6.45, 7) is 1.55. The fraction of sp³-hybridized carbons (Fsp3) is 0.286. The van der Waals surface area contributed by atoms with Gasteiger partial charge in [-0.05, 0) is 54.8 Å². The van der Waals surface area contributed by atoms with E-state index in [4.69, 9.17) is 9.72 Å². The summed E-state index contributed by atoms with van der Waals surface area (Å²) in [5.41, 5.74) is 3.04. The number of rotatable bonds is 6. The minimum absolute atomic E-state index is 0.00954. The van der Waals surface area contributed by atoms with Crippen LogP contribution in [0, 0.1) is 0 Å². The van der Waals surface area contributed by atoms with Gasteiger partial charge in [0.15, 0.2) is 0 Å². The zero-order valence-corrected chi connectivity index (χ0v) is 19.6. The standard InChI is InChI=1S/C28H28N4O3/c33-27(30-18-20-8-11-23(12-9-20)35-19-21-6-5-14-29-17-21)22-10-13-24-25(16-22)31-26-7-3-1-2-4-15-32(26)28(24)34/h5-6,8-14,16-17H,1-4,7,15,18-19H2,(H,30,33). The summed E-state index contributed by atoms with van der Waals surface area (Å²) in [5, 5.41) is 3.52. The Hall–Kier alpha value is -4.00. The lowest BCUT2D eigenvalue weighted by Crippen LogP contribution is -2.27. The number of pyridine rings is 1. The van der Waals surface area contributed by atoms with Gasteiger partial charge in [0.05, 0.1) is 10.9 Å². The Labute approximate surface area is 203 Å². The number of amides is 1. The van der Waals surface area contributed by atoms with Gasteiger partial charge >= 0.3 is 0 Å². The molecule has 0 unspecified atom stereocenters. The SMILES string of the molecule is O=C(NCc1ccc(OCc2cccnc2)cc1)c1ccc2c(=O)n3c(nc2c1)CCCCCC3. The van der Waals surface area contributed by atoms with Crippen LogP contribution in [-0.4, -0.2) is 20.4 Å². The largest absolute Gasteiger partial charge is 0.489 e. The number of carbonyl (C=O) groups excluding carboxylic acids is 1. The second-order valence-electron chi connectivity index (χ2n) is 8.86. The highest BCUT2D eigenvalue weighted by Crippen LogP contribution is 2.17. The van der Waals surface area contributed by atoms with Crippen LogP contribution in [0.4, 0.5) is 0 Å². The molecule has 35 heavy (non-hydrogen) atoms. The molecule has 0 radical (unpaired) electrons. The van der Waals surface area contributed by atoms with Crippen molar-refractivity contribution in [2.45, 2.75) is 51.8 Å². The zero-order chi connectivity index (χ0) is 24.0. The number of fused-ring (bicyclic) bond motifs is 2. The summed E-state index contributed by atoms with van der Waals surface area (Å²) in [6.07, 6.45) is 8.64. The summed E-state index contributed by atoms with van der Waals surface area (Å²) in [6, 6.07) is 16.6. The summed E-state index contributed by atoms with van der Waals surface area (Å²) in [7, 11) is 0. The van der Waals surface area contributed by atoms with Crippen molar-refractivity contribution in [2.24, 2.45) is 0 Å². The first-order chi connectivity index (χ1) is 17.2. The summed E-state index contributed by atoms with van der Waals surface area (Å²) >= 11 is 0. The van der Waals surface area contributed by atoms with Crippen LogP contribution in [-0.2, 0) is 26.1 Å². The predicted molar refractivity (Wildman–Crippen MR) is 134 cm³/mol. The van der Waals surface area contributed by atoms with Gasteiger partial charge in [-0.1, -0.05) is 31.0 Å². The maximum absolute atomic E-state index is 13.0. The lowest BCUT2D eigenvalue weighted by Gasteiger charge is -2.16. The normalized spacial score (nSPS) is 13.5. The van der Waals surface area contributed by atoms with E-state index in [2.05, 4.69) is 10.3 Å². The van der Waals surface area contributed by atoms with Crippen molar-refractivity contribution in [1.82, 2.24) is 19.9 Å². The highest BCUT2D eigenvalue weighted by molar-refractivity contribution is 5.97. The summed E-state index contributed by atoms with van der Waals surface area (Å²) in [4.78, 5) is 34.6. The maximum Gasteiger partial charge on any atom is 0.261 e. The molecular weight excluding hydrogens is 440 g/mol. The van der Waals surface area contributed by atoms with E-state index in [1.165, 1.54) is 0 Å². The van der Waals surface area contributed by atoms with E-state index >= 15 is 0 Å². The molecule has 1 aliphatic rings. The average Bonchev–Trinajstić information content (AvgIpc) is 2.88. The molecule has 3 heterocycles. The van der Waals surface area contributed by atoms with Crippen LogP contribution < -0.4 is 15.6 Å². The Morgan fingerprint density at radius 2 is 1.86 bits per heavy atom. The van der Waals surface area contributed by atoms with Gasteiger partial charge in [0.25, 0.3) is 11.5 Å². The predicted octanol–water partition coefficient (Wildman–Crippen LogP) is 4.42. The van der Waals surface area contributed by atoms with E-state index in [1.54, 1.807) is 30.6 Å². The Morgan fingerprint density at radius 1 is 1.00 bits per heavy atom. The van der Waals surface area contributed by atoms with Crippen LogP contribution in [0.2, 0.25) is 0 Å². The van der Waals surface area contributed by atoms with Crippen molar-refractivity contribution in [3.63, 3.8) is 0 Å². The van der Waals surface area contributed by atoms with Gasteiger partial charge in [-0.2, -0.15) is 0 Å². The zero-order valence-electron chi connectivity index (χ0n) is 19.6. The quantitative estimate of drug-likeness (QED) is 0.453. The Kier molecular flexibility index (Phi) is 6.84. The molecule has 0 aliphatic carbocycles. The Bertz CT molecular complexity index is 1380. The molecule has 0 fully saturated rings. The van der Waals surface area contributed by atoms with Crippen LogP contribution in [0.1, 0.15) is 53.0 Å². The second-order valence-corrected chi connectivity index (χ2v) is 8.86. The molecule has 7 heteroatoms. The van der Waals surface area contributed by atoms with Gasteiger partial charge in [0, 0.05) is 43.0 Å². The molecule has 0 spiro atoms. The van der Waals surface area contributed by atoms with Crippen LogP contribution >= 0.6 is 0 Å².